The molecule has 0 aliphatic carbocycles. The number of rotatable bonds is 4. The Morgan fingerprint density at radius 1 is 1.10 bits per heavy atom. The summed E-state index contributed by atoms with van der Waals surface area (Å²) in [7, 11) is 0. The van der Waals surface area contributed by atoms with E-state index in [9.17, 15) is 9.00 Å². The van der Waals surface area contributed by atoms with Crippen LogP contribution in [0.25, 0.3) is 11.1 Å². The van der Waals surface area contributed by atoms with Gasteiger partial charge in [-0.3, -0.25) is 0 Å². The zero-order valence-corrected chi connectivity index (χ0v) is 11.9. The van der Waals surface area contributed by atoms with E-state index in [-0.39, 0.29) is 22.5 Å². The van der Waals surface area contributed by atoms with E-state index in [0.29, 0.717) is 5.02 Å². The van der Waals surface area contributed by atoms with Crippen LogP contribution < -0.4 is 0 Å². The molecule has 20 heavy (non-hydrogen) atoms. The third kappa shape index (κ3) is 3.35. The van der Waals surface area contributed by atoms with Gasteiger partial charge in [-0.25, -0.2) is 9.00 Å². The molecule has 2 rings (SSSR count). The molecular formula is C15H11ClO3S. The van der Waals surface area contributed by atoms with Crippen molar-refractivity contribution in [2.45, 2.75) is 6.42 Å². The fourth-order valence-electron chi connectivity index (χ4n) is 1.90. The van der Waals surface area contributed by atoms with Gasteiger partial charge in [0.15, 0.2) is 0 Å². The Balaban J connectivity index is 2.43. The Labute approximate surface area is 124 Å². The Bertz CT molecular complexity index is 689. The number of carboxylic acids is 1. The molecule has 0 unspecified atom stereocenters. The second-order valence-electron chi connectivity index (χ2n) is 4.15. The van der Waals surface area contributed by atoms with Crippen LogP contribution in [0.1, 0.15) is 5.56 Å². The molecule has 3 nitrogen and oxygen atoms in total. The summed E-state index contributed by atoms with van der Waals surface area (Å²) in [5.41, 5.74) is 2.64. The van der Waals surface area contributed by atoms with Crippen molar-refractivity contribution in [2.24, 2.45) is 0 Å². The molecule has 0 aliphatic rings. The van der Waals surface area contributed by atoms with E-state index in [4.69, 9.17) is 16.7 Å². The van der Waals surface area contributed by atoms with E-state index in [1.165, 1.54) is 0 Å². The van der Waals surface area contributed by atoms with Gasteiger partial charge >= 0.3 is 5.97 Å². The van der Waals surface area contributed by atoms with E-state index in [2.05, 4.69) is 0 Å². The second kappa shape index (κ2) is 6.50. The number of benzene rings is 2. The van der Waals surface area contributed by atoms with Crippen LogP contribution in [0.4, 0.5) is 0 Å². The summed E-state index contributed by atoms with van der Waals surface area (Å²) in [6, 6.07) is 14.7. The third-order valence-corrected chi connectivity index (χ3v) is 3.63. The summed E-state index contributed by atoms with van der Waals surface area (Å²) in [5, 5.41) is 9.60. The van der Waals surface area contributed by atoms with Crippen molar-refractivity contribution in [3.63, 3.8) is 0 Å². The van der Waals surface area contributed by atoms with Gasteiger partial charge in [0, 0.05) is 11.4 Å². The summed E-state index contributed by atoms with van der Waals surface area (Å²) < 4.78 is 10.8. The summed E-state index contributed by atoms with van der Waals surface area (Å²) in [5.74, 6) is -1.17. The van der Waals surface area contributed by atoms with Crippen molar-refractivity contribution in [3.05, 3.63) is 59.1 Å². The first-order valence-corrected chi connectivity index (χ1v) is 6.96. The Morgan fingerprint density at radius 3 is 2.35 bits per heavy atom. The lowest BCUT2D eigenvalue weighted by Crippen LogP contribution is -2.16. The number of carbonyl (C=O) groups is 1. The highest BCUT2D eigenvalue weighted by Gasteiger charge is 2.13. The van der Waals surface area contributed by atoms with Crippen LogP contribution in [0.2, 0.25) is 5.02 Å². The smallest absolute Gasteiger partial charge is 0.345 e. The van der Waals surface area contributed by atoms with Crippen molar-refractivity contribution in [3.8, 4) is 11.1 Å². The number of hydrogen-bond acceptors (Lipinski definition) is 2. The fraction of sp³-hybridized carbons (Fsp3) is 0.0667. The fourth-order valence-corrected chi connectivity index (χ4v) is 2.31. The number of halogens is 1. The summed E-state index contributed by atoms with van der Waals surface area (Å²) in [4.78, 5) is 10.8. The highest BCUT2D eigenvalue weighted by molar-refractivity contribution is 7.68. The number of aliphatic carboxylic acids is 1. The molecule has 0 amide bonds. The van der Waals surface area contributed by atoms with E-state index in [1.807, 2.05) is 36.4 Å². The van der Waals surface area contributed by atoms with Crippen molar-refractivity contribution in [1.82, 2.24) is 0 Å². The van der Waals surface area contributed by atoms with E-state index >= 15 is 0 Å². The van der Waals surface area contributed by atoms with Crippen molar-refractivity contribution in [2.75, 3.05) is 0 Å². The van der Waals surface area contributed by atoms with Crippen LogP contribution in [0.5, 0.6) is 0 Å². The lowest BCUT2D eigenvalue weighted by Gasteiger charge is -2.09. The molecule has 2 aromatic carbocycles. The molecule has 0 saturated heterocycles. The summed E-state index contributed by atoms with van der Waals surface area (Å²) in [6.45, 7) is 0. The lowest BCUT2D eigenvalue weighted by molar-refractivity contribution is -0.129. The van der Waals surface area contributed by atoms with Gasteiger partial charge in [-0.2, -0.15) is 0 Å². The molecule has 0 radical (unpaired) electrons. The predicted molar refractivity (Wildman–Crippen MR) is 81.4 cm³/mol. The van der Waals surface area contributed by atoms with Crippen molar-refractivity contribution in [1.29, 1.82) is 0 Å². The topological polar surface area (TPSA) is 54.4 Å². The first-order chi connectivity index (χ1) is 9.61. The van der Waals surface area contributed by atoms with Crippen LogP contribution in [-0.2, 0) is 22.5 Å². The first-order valence-electron chi connectivity index (χ1n) is 5.84. The Morgan fingerprint density at radius 2 is 1.75 bits per heavy atom. The predicted octanol–water partition coefficient (Wildman–Crippen LogP) is 3.02. The molecule has 5 heteroatoms. The summed E-state index contributed by atoms with van der Waals surface area (Å²) in [6.07, 6.45) is 0.113. The maximum atomic E-state index is 11.0. The zero-order valence-electron chi connectivity index (χ0n) is 10.4. The molecule has 0 bridgehead atoms. The van der Waals surface area contributed by atoms with Gasteiger partial charge in [0.2, 0.25) is 0 Å². The minimum atomic E-state index is -1.17. The van der Waals surface area contributed by atoms with Gasteiger partial charge in [0.05, 0.1) is 0 Å². The van der Waals surface area contributed by atoms with Gasteiger partial charge < -0.3 is 5.11 Å². The molecule has 0 atom stereocenters. The standard InChI is InChI=1S/C15H11ClO3S/c16-12-7-5-10(6-8-12)13-4-2-1-3-11(13)9-14(20-19)15(17)18/h1-8H,9H2,(H,17,18). The molecule has 1 N–H and O–H groups in total. The molecule has 0 heterocycles. The maximum Gasteiger partial charge on any atom is 0.345 e. The van der Waals surface area contributed by atoms with E-state index in [0.717, 1.165) is 16.7 Å². The van der Waals surface area contributed by atoms with Crippen molar-refractivity contribution < 1.29 is 14.1 Å². The molecule has 0 spiro atoms. The van der Waals surface area contributed by atoms with Crippen molar-refractivity contribution >= 4 is 33.7 Å². The third-order valence-electron chi connectivity index (χ3n) is 2.86. The SMILES string of the molecule is O=S=C(Cc1ccccc1-c1ccc(Cl)cc1)C(=O)O. The minimum Gasteiger partial charge on any atom is -0.477 e. The van der Waals surface area contributed by atoms with Crippen LogP contribution in [0, 0.1) is 0 Å². The molecule has 0 aliphatic heterocycles. The second-order valence-corrected chi connectivity index (χ2v) is 5.25. The quantitative estimate of drug-likeness (QED) is 0.883. The van der Waals surface area contributed by atoms with Gasteiger partial charge in [0.25, 0.3) is 0 Å². The average Bonchev–Trinajstić information content (AvgIpc) is 2.46. The molecule has 2 aromatic rings. The van der Waals surface area contributed by atoms with Gasteiger partial charge in [0.1, 0.15) is 16.1 Å². The first kappa shape index (κ1) is 14.5. The minimum absolute atomic E-state index is 0.0252. The van der Waals surface area contributed by atoms with Crippen LogP contribution in [0.3, 0.4) is 0 Å². The zero-order chi connectivity index (χ0) is 14.5. The van der Waals surface area contributed by atoms with Gasteiger partial charge in [-0.1, -0.05) is 48.0 Å². The number of hydrogen-bond donors (Lipinski definition) is 1. The molecule has 0 aromatic heterocycles. The van der Waals surface area contributed by atoms with Crippen LogP contribution in [0.15, 0.2) is 48.5 Å². The van der Waals surface area contributed by atoms with Crippen LogP contribution in [-0.4, -0.2) is 20.1 Å². The molecule has 0 saturated carbocycles. The average molecular weight is 307 g/mol. The Kier molecular flexibility index (Phi) is 4.71. The maximum absolute atomic E-state index is 11.0. The Hall–Kier alpha value is -1.91. The highest BCUT2D eigenvalue weighted by atomic mass is 35.5. The molecule has 102 valence electrons. The highest BCUT2D eigenvalue weighted by Crippen LogP contribution is 2.25. The largest absolute Gasteiger partial charge is 0.477 e. The lowest BCUT2D eigenvalue weighted by atomic mass is 9.97. The van der Waals surface area contributed by atoms with E-state index < -0.39 is 5.97 Å². The van der Waals surface area contributed by atoms with Gasteiger partial charge in [-0.15, -0.1) is 0 Å². The van der Waals surface area contributed by atoms with Gasteiger partial charge in [-0.05, 0) is 28.8 Å². The monoisotopic (exact) mass is 306 g/mol. The number of carboxylic acid groups (broad SMARTS) is 1. The van der Waals surface area contributed by atoms with E-state index in [1.54, 1.807) is 12.1 Å². The molecule has 0 fully saturated rings. The summed E-state index contributed by atoms with van der Waals surface area (Å²) >= 11 is 5.89. The molecular weight excluding hydrogens is 296 g/mol. The normalized spacial score (nSPS) is 10.1. The van der Waals surface area contributed by atoms with Crippen LogP contribution >= 0.6 is 11.6 Å².